The zero-order valence-corrected chi connectivity index (χ0v) is 15.8. The summed E-state index contributed by atoms with van der Waals surface area (Å²) in [5.74, 6) is 1.98. The zero-order valence-electron chi connectivity index (χ0n) is 13.4. The van der Waals surface area contributed by atoms with Crippen LogP contribution in [0.5, 0.6) is 0 Å². The maximum atomic E-state index is 11.9. The summed E-state index contributed by atoms with van der Waals surface area (Å²) < 4.78 is 6.20. The van der Waals surface area contributed by atoms with E-state index < -0.39 is 0 Å². The van der Waals surface area contributed by atoms with Crippen LogP contribution in [-0.4, -0.2) is 27.3 Å². The number of rotatable bonds is 7. The Labute approximate surface area is 148 Å². The Morgan fingerprint density at radius 3 is 2.91 bits per heavy atom. The predicted molar refractivity (Wildman–Crippen MR) is 96.1 cm³/mol. The second-order valence-electron chi connectivity index (χ2n) is 5.80. The number of halogens is 1. The van der Waals surface area contributed by atoms with Crippen LogP contribution in [0.4, 0.5) is 0 Å². The van der Waals surface area contributed by atoms with Crippen LogP contribution in [0.15, 0.2) is 33.3 Å². The molecule has 0 saturated carbocycles. The average Bonchev–Trinajstić information content (AvgIpc) is 2.95. The van der Waals surface area contributed by atoms with Gasteiger partial charge in [-0.15, -0.1) is 11.8 Å². The van der Waals surface area contributed by atoms with Gasteiger partial charge in [-0.3, -0.25) is 4.79 Å². The van der Waals surface area contributed by atoms with E-state index in [4.69, 9.17) is 4.52 Å². The highest BCUT2D eigenvalue weighted by Crippen LogP contribution is 2.21. The molecule has 2 rings (SSSR count). The Morgan fingerprint density at radius 2 is 2.22 bits per heavy atom. The van der Waals surface area contributed by atoms with Crippen molar-refractivity contribution in [2.24, 2.45) is 0 Å². The minimum atomic E-state index is -0.171. The lowest BCUT2D eigenvalue weighted by atomic mass is 10.0. The van der Waals surface area contributed by atoms with Gasteiger partial charge in [0.15, 0.2) is 0 Å². The fraction of sp³-hybridized carbons (Fsp3) is 0.438. The van der Waals surface area contributed by atoms with Gasteiger partial charge in [-0.25, -0.2) is 0 Å². The van der Waals surface area contributed by atoms with Crippen LogP contribution in [0.25, 0.3) is 11.4 Å². The van der Waals surface area contributed by atoms with Gasteiger partial charge in [0.05, 0.1) is 11.5 Å². The fourth-order valence-corrected chi connectivity index (χ4v) is 2.84. The van der Waals surface area contributed by atoms with Gasteiger partial charge >= 0.3 is 0 Å². The van der Waals surface area contributed by atoms with Crippen molar-refractivity contribution in [3.63, 3.8) is 0 Å². The van der Waals surface area contributed by atoms with Crippen molar-refractivity contribution in [2.45, 2.75) is 38.5 Å². The van der Waals surface area contributed by atoms with E-state index in [1.807, 2.05) is 38.1 Å². The molecule has 0 fully saturated rings. The van der Waals surface area contributed by atoms with Crippen LogP contribution in [0.3, 0.4) is 0 Å². The summed E-state index contributed by atoms with van der Waals surface area (Å²) in [6, 6.07) is 7.72. The number of aromatic nitrogens is 2. The van der Waals surface area contributed by atoms with E-state index in [1.54, 1.807) is 0 Å². The first-order valence-electron chi connectivity index (χ1n) is 7.37. The molecule has 0 spiro atoms. The number of carbonyl (C=O) groups excluding carboxylic acids is 1. The van der Waals surface area contributed by atoms with Crippen molar-refractivity contribution in [1.29, 1.82) is 0 Å². The van der Waals surface area contributed by atoms with Crippen molar-refractivity contribution >= 4 is 33.6 Å². The number of nitrogens with zero attached hydrogens (tertiary/aromatic N) is 2. The van der Waals surface area contributed by atoms with Gasteiger partial charge < -0.3 is 9.84 Å². The maximum Gasteiger partial charge on any atom is 0.236 e. The fourth-order valence-electron chi connectivity index (χ4n) is 1.79. The van der Waals surface area contributed by atoms with Crippen molar-refractivity contribution in [1.82, 2.24) is 15.5 Å². The Kier molecular flexibility index (Phi) is 6.24. The average molecular weight is 398 g/mol. The summed E-state index contributed by atoms with van der Waals surface area (Å²) in [5.41, 5.74) is 0.720. The van der Waals surface area contributed by atoms with Gasteiger partial charge in [0.1, 0.15) is 0 Å². The van der Waals surface area contributed by atoms with E-state index in [1.165, 1.54) is 11.8 Å². The van der Waals surface area contributed by atoms with Gasteiger partial charge in [0.2, 0.25) is 17.6 Å². The molecule has 0 aliphatic carbocycles. The molecule has 0 bridgehead atoms. The van der Waals surface area contributed by atoms with E-state index in [9.17, 15) is 4.79 Å². The number of carbonyl (C=O) groups is 1. The molecule has 5 nitrogen and oxygen atoms in total. The highest BCUT2D eigenvalue weighted by molar-refractivity contribution is 9.10. The van der Waals surface area contributed by atoms with Crippen LogP contribution in [0, 0.1) is 0 Å². The topological polar surface area (TPSA) is 68.0 Å². The first kappa shape index (κ1) is 18.0. The molecule has 2 aromatic rings. The maximum absolute atomic E-state index is 11.9. The minimum absolute atomic E-state index is 0.0218. The van der Waals surface area contributed by atoms with Gasteiger partial charge in [0.25, 0.3) is 0 Å². The molecule has 7 heteroatoms. The third-order valence-corrected chi connectivity index (χ3v) is 4.78. The first-order valence-corrected chi connectivity index (χ1v) is 9.31. The molecule has 1 heterocycles. The minimum Gasteiger partial charge on any atom is -0.351 e. The molecule has 0 saturated heterocycles. The predicted octanol–water partition coefficient (Wildman–Crippen LogP) is 4.04. The van der Waals surface area contributed by atoms with E-state index in [2.05, 4.69) is 38.3 Å². The molecule has 1 aromatic heterocycles. The first-order chi connectivity index (χ1) is 10.9. The number of thioether (sulfide) groups is 1. The lowest BCUT2D eigenvalue weighted by Gasteiger charge is -2.24. The van der Waals surface area contributed by atoms with Gasteiger partial charge in [-0.05, 0) is 32.4 Å². The molecule has 124 valence electrons. The van der Waals surface area contributed by atoms with Crippen LogP contribution in [0.2, 0.25) is 0 Å². The normalized spacial score (nSPS) is 11.5. The Morgan fingerprint density at radius 1 is 1.43 bits per heavy atom. The molecule has 1 amide bonds. The molecule has 0 aliphatic heterocycles. The summed E-state index contributed by atoms with van der Waals surface area (Å²) in [7, 11) is 0. The second-order valence-corrected chi connectivity index (χ2v) is 7.70. The van der Waals surface area contributed by atoms with Gasteiger partial charge in [-0.1, -0.05) is 40.1 Å². The van der Waals surface area contributed by atoms with Crippen LogP contribution < -0.4 is 5.32 Å². The van der Waals surface area contributed by atoms with E-state index in [0.717, 1.165) is 16.5 Å². The van der Waals surface area contributed by atoms with Crippen molar-refractivity contribution in [2.75, 3.05) is 5.75 Å². The number of hydrogen-bond acceptors (Lipinski definition) is 5. The third-order valence-electron chi connectivity index (χ3n) is 3.37. The number of benzene rings is 1. The summed E-state index contributed by atoms with van der Waals surface area (Å²) in [6.45, 7) is 6.07. The molecule has 0 atom stereocenters. The molecule has 0 unspecified atom stereocenters. The van der Waals surface area contributed by atoms with E-state index in [-0.39, 0.29) is 11.4 Å². The van der Waals surface area contributed by atoms with Crippen LogP contribution in [-0.2, 0) is 10.5 Å². The summed E-state index contributed by atoms with van der Waals surface area (Å²) >= 11 is 4.88. The second kappa shape index (κ2) is 7.97. The molecule has 23 heavy (non-hydrogen) atoms. The number of hydrogen-bond donors (Lipinski definition) is 1. The molecule has 1 aromatic carbocycles. The smallest absolute Gasteiger partial charge is 0.236 e. The number of nitrogens with one attached hydrogen (secondary N) is 1. The standard InChI is InChI=1S/C16H20BrN3O2S/c1-4-16(2,3)19-13(21)9-23-10-14-18-15(20-22-14)11-6-5-7-12(17)8-11/h5-8H,4,9-10H2,1-3H3,(H,19,21). The van der Waals surface area contributed by atoms with Gasteiger partial charge in [0, 0.05) is 15.6 Å². The SMILES string of the molecule is CCC(C)(C)NC(=O)CSCc1nc(-c2cccc(Br)c2)no1. The monoisotopic (exact) mass is 397 g/mol. The van der Waals surface area contributed by atoms with Gasteiger partial charge in [-0.2, -0.15) is 4.98 Å². The van der Waals surface area contributed by atoms with Crippen molar-refractivity contribution in [3.05, 3.63) is 34.6 Å². The molecule has 0 radical (unpaired) electrons. The van der Waals surface area contributed by atoms with E-state index >= 15 is 0 Å². The van der Waals surface area contributed by atoms with E-state index in [0.29, 0.717) is 23.2 Å². The molecular formula is C16H20BrN3O2S. The highest BCUT2D eigenvalue weighted by atomic mass is 79.9. The Balaban J connectivity index is 1.85. The Hall–Kier alpha value is -1.34. The zero-order chi connectivity index (χ0) is 16.9. The molecule has 0 aliphatic rings. The summed E-state index contributed by atoms with van der Waals surface area (Å²) in [5, 5.41) is 6.98. The highest BCUT2D eigenvalue weighted by Gasteiger charge is 2.18. The Bertz CT molecular complexity index is 673. The molecule has 1 N–H and O–H groups in total. The van der Waals surface area contributed by atoms with Crippen molar-refractivity contribution in [3.8, 4) is 11.4 Å². The lowest BCUT2D eigenvalue weighted by molar-refractivity contribution is -0.120. The summed E-state index contributed by atoms with van der Waals surface area (Å²) in [4.78, 5) is 16.2. The quantitative estimate of drug-likeness (QED) is 0.763. The van der Waals surface area contributed by atoms with Crippen LogP contribution >= 0.6 is 27.7 Å². The third kappa shape index (κ3) is 5.66. The van der Waals surface area contributed by atoms with Crippen LogP contribution in [0.1, 0.15) is 33.1 Å². The molecular weight excluding hydrogens is 378 g/mol. The summed E-state index contributed by atoms with van der Waals surface area (Å²) in [6.07, 6.45) is 0.892. The largest absolute Gasteiger partial charge is 0.351 e. The van der Waals surface area contributed by atoms with Crippen molar-refractivity contribution < 1.29 is 9.32 Å². The lowest BCUT2D eigenvalue weighted by Crippen LogP contribution is -2.43. The number of amides is 1.